The fraction of sp³-hybridized carbons (Fsp3) is 0.429. The average Bonchev–Trinajstić information content (AvgIpc) is 2.52. The molecule has 1 heterocycles. The average molecular weight is 235 g/mol. The monoisotopic (exact) mass is 235 g/mol. The lowest BCUT2D eigenvalue weighted by Crippen LogP contribution is -2.19. The summed E-state index contributed by atoms with van der Waals surface area (Å²) in [5, 5.41) is 2.24. The number of fused-ring (bicyclic) bond motifs is 1. The Morgan fingerprint density at radius 2 is 1.65 bits per heavy atom. The zero-order valence-electron chi connectivity index (χ0n) is 11.0. The van der Waals surface area contributed by atoms with Crippen molar-refractivity contribution in [1.29, 1.82) is 0 Å². The van der Waals surface area contributed by atoms with Crippen molar-refractivity contribution in [3.8, 4) is 0 Å². The Labute approximate surface area is 103 Å². The molecule has 2 aliphatic rings. The second kappa shape index (κ2) is 8.50. The molecule has 0 unspecified atom stereocenters. The lowest BCUT2D eigenvalue weighted by atomic mass is 10.1. The van der Waals surface area contributed by atoms with E-state index in [4.69, 9.17) is 0 Å². The number of nitrogens with one attached hydrogen (secondary N) is 1. The first-order valence-electron chi connectivity index (χ1n) is 6.13. The van der Waals surface area contributed by atoms with Gasteiger partial charge in [0.05, 0.1) is 5.57 Å². The van der Waals surface area contributed by atoms with Crippen LogP contribution in [0, 0.1) is 0 Å². The molecule has 17 heavy (non-hydrogen) atoms. The quantitative estimate of drug-likeness (QED) is 0.656. The van der Waals surface area contributed by atoms with Gasteiger partial charge in [0.15, 0.2) is 0 Å². The molecule has 0 atom stereocenters. The third-order valence-corrected chi connectivity index (χ3v) is 1.86. The fourth-order valence-electron chi connectivity index (χ4n) is 1.28. The lowest BCUT2D eigenvalue weighted by molar-refractivity contribution is -0.123. The first kappa shape index (κ1) is 15.4. The molecule has 0 aromatic heterocycles. The van der Waals surface area contributed by atoms with Crippen molar-refractivity contribution in [2.45, 2.75) is 40.5 Å². The van der Waals surface area contributed by atoms with Crippen LogP contribution >= 0.6 is 0 Å². The molecule has 94 valence electrons. The van der Waals surface area contributed by atoms with Gasteiger partial charge in [-0.1, -0.05) is 52.3 Å². The second-order valence-electron chi connectivity index (χ2n) is 3.35. The minimum absolute atomic E-state index is 0.282. The van der Waals surface area contributed by atoms with Crippen molar-refractivity contribution in [1.82, 2.24) is 5.32 Å². The van der Waals surface area contributed by atoms with E-state index < -0.39 is 0 Å². The first-order valence-corrected chi connectivity index (χ1v) is 6.13. The van der Waals surface area contributed by atoms with Gasteiger partial charge >= 0.3 is 0 Å². The number of hydrogen-bond donors (Lipinski definition) is 1. The lowest BCUT2D eigenvalue weighted by Gasteiger charge is -1.89. The molecule has 0 bridgehead atoms. The predicted octanol–water partition coefficient (Wildman–Crippen LogP) is 2.90. The molecule has 1 saturated heterocycles. The molecular weight excluding hydrogens is 214 g/mol. The molecule has 1 aliphatic heterocycles. The maximum atomic E-state index is 11.1. The van der Waals surface area contributed by atoms with E-state index in [1.807, 2.05) is 19.9 Å². The van der Waals surface area contributed by atoms with Crippen molar-refractivity contribution >= 4 is 11.8 Å². The highest BCUT2D eigenvalue weighted by molar-refractivity contribution is 6.24. The number of allylic oxidation sites excluding steroid dienone is 4. The molecular formula is C14H21NO2. The Balaban J connectivity index is 0.000000450. The summed E-state index contributed by atoms with van der Waals surface area (Å²) in [5.74, 6) is -0.576. The molecule has 2 rings (SSSR count). The summed E-state index contributed by atoms with van der Waals surface area (Å²) in [6, 6.07) is 0. The van der Waals surface area contributed by atoms with E-state index in [0.717, 1.165) is 0 Å². The highest BCUT2D eigenvalue weighted by Gasteiger charge is 2.29. The molecule has 0 saturated carbocycles. The Kier molecular flexibility index (Phi) is 7.68. The smallest absolute Gasteiger partial charge is 0.258 e. The van der Waals surface area contributed by atoms with Gasteiger partial charge in [0.1, 0.15) is 0 Å². The minimum Gasteiger partial charge on any atom is -0.288 e. The molecule has 1 aliphatic carbocycles. The maximum absolute atomic E-state index is 11.1. The molecule has 1 N–H and O–H groups in total. The van der Waals surface area contributed by atoms with Gasteiger partial charge < -0.3 is 0 Å². The SMILES string of the molecule is CC.CCC.O=C1NC(=O)C2=CCC=CC=C12. The minimum atomic E-state index is -0.294. The Morgan fingerprint density at radius 3 is 2.24 bits per heavy atom. The van der Waals surface area contributed by atoms with E-state index in [1.165, 1.54) is 6.42 Å². The molecule has 3 nitrogen and oxygen atoms in total. The summed E-state index contributed by atoms with van der Waals surface area (Å²) in [6.45, 7) is 8.25. The summed E-state index contributed by atoms with van der Waals surface area (Å²) in [6.07, 6.45) is 9.07. The van der Waals surface area contributed by atoms with Crippen LogP contribution in [0.15, 0.2) is 35.5 Å². The van der Waals surface area contributed by atoms with Crippen LogP contribution in [0.1, 0.15) is 40.5 Å². The summed E-state index contributed by atoms with van der Waals surface area (Å²) in [5.41, 5.74) is 0.985. The number of rotatable bonds is 0. The number of imide groups is 1. The topological polar surface area (TPSA) is 46.2 Å². The Morgan fingerprint density at radius 1 is 1.12 bits per heavy atom. The summed E-state index contributed by atoms with van der Waals surface area (Å²) in [7, 11) is 0. The third-order valence-electron chi connectivity index (χ3n) is 1.86. The summed E-state index contributed by atoms with van der Waals surface area (Å²) in [4.78, 5) is 22.2. The van der Waals surface area contributed by atoms with Crippen molar-refractivity contribution in [3.05, 3.63) is 35.5 Å². The van der Waals surface area contributed by atoms with Crippen LogP contribution in [-0.2, 0) is 9.59 Å². The second-order valence-corrected chi connectivity index (χ2v) is 3.35. The van der Waals surface area contributed by atoms with Crippen molar-refractivity contribution < 1.29 is 9.59 Å². The van der Waals surface area contributed by atoms with Gasteiger partial charge in [0.25, 0.3) is 11.8 Å². The molecule has 0 radical (unpaired) electrons. The highest BCUT2D eigenvalue weighted by Crippen LogP contribution is 2.19. The van der Waals surface area contributed by atoms with Crippen LogP contribution in [0.5, 0.6) is 0 Å². The van der Waals surface area contributed by atoms with Gasteiger partial charge in [-0.05, 0) is 12.5 Å². The molecule has 2 amide bonds. The van der Waals surface area contributed by atoms with Crippen LogP contribution in [-0.4, -0.2) is 11.8 Å². The van der Waals surface area contributed by atoms with Gasteiger partial charge in [-0.15, -0.1) is 0 Å². The van der Waals surface area contributed by atoms with Gasteiger partial charge in [-0.3, -0.25) is 14.9 Å². The number of amides is 2. The molecule has 1 fully saturated rings. The van der Waals surface area contributed by atoms with Gasteiger partial charge in [-0.25, -0.2) is 0 Å². The number of hydrogen-bond acceptors (Lipinski definition) is 2. The summed E-state index contributed by atoms with van der Waals surface area (Å²) < 4.78 is 0. The molecule has 0 spiro atoms. The molecule has 0 aromatic carbocycles. The Hall–Kier alpha value is -1.64. The number of carbonyl (C=O) groups is 2. The third kappa shape index (κ3) is 4.39. The standard InChI is InChI=1S/C9H7NO2.C3H8.C2H6/c11-8-6-4-2-1-3-5-7(6)9(12)10-8;1-3-2;1-2/h1-2,4-5H,3H2,(H,10,11,12);3H2,1-2H3;1-2H3. The molecule has 0 aromatic rings. The van der Waals surface area contributed by atoms with Gasteiger partial charge in [0.2, 0.25) is 0 Å². The van der Waals surface area contributed by atoms with Crippen LogP contribution in [0.3, 0.4) is 0 Å². The van der Waals surface area contributed by atoms with E-state index in [9.17, 15) is 9.59 Å². The van der Waals surface area contributed by atoms with Gasteiger partial charge in [0, 0.05) is 5.57 Å². The van der Waals surface area contributed by atoms with E-state index >= 15 is 0 Å². The van der Waals surface area contributed by atoms with Crippen LogP contribution in [0.25, 0.3) is 0 Å². The van der Waals surface area contributed by atoms with Gasteiger partial charge in [-0.2, -0.15) is 0 Å². The van der Waals surface area contributed by atoms with E-state index in [-0.39, 0.29) is 11.8 Å². The molecule has 3 heteroatoms. The highest BCUT2D eigenvalue weighted by atomic mass is 16.2. The Bertz CT molecular complexity index is 362. The van der Waals surface area contributed by atoms with E-state index in [2.05, 4.69) is 19.2 Å². The van der Waals surface area contributed by atoms with Crippen LogP contribution in [0.2, 0.25) is 0 Å². The van der Waals surface area contributed by atoms with Crippen LogP contribution in [0.4, 0.5) is 0 Å². The van der Waals surface area contributed by atoms with E-state index in [0.29, 0.717) is 17.6 Å². The normalized spacial score (nSPS) is 16.2. The maximum Gasteiger partial charge on any atom is 0.258 e. The van der Waals surface area contributed by atoms with Crippen molar-refractivity contribution in [2.75, 3.05) is 0 Å². The zero-order chi connectivity index (χ0) is 13.3. The zero-order valence-corrected chi connectivity index (χ0v) is 11.0. The number of carbonyl (C=O) groups excluding carboxylic acids is 2. The first-order chi connectivity index (χ1) is 8.20. The fourth-order valence-corrected chi connectivity index (χ4v) is 1.28. The summed E-state index contributed by atoms with van der Waals surface area (Å²) >= 11 is 0. The van der Waals surface area contributed by atoms with Crippen LogP contribution < -0.4 is 5.32 Å². The predicted molar refractivity (Wildman–Crippen MR) is 70.4 cm³/mol. The van der Waals surface area contributed by atoms with E-state index in [1.54, 1.807) is 18.2 Å². The van der Waals surface area contributed by atoms with Crippen molar-refractivity contribution in [3.63, 3.8) is 0 Å². The largest absolute Gasteiger partial charge is 0.288 e. The van der Waals surface area contributed by atoms with Crippen molar-refractivity contribution in [2.24, 2.45) is 0 Å².